The van der Waals surface area contributed by atoms with Crippen molar-refractivity contribution < 1.29 is 5.11 Å². The van der Waals surface area contributed by atoms with Crippen molar-refractivity contribution in [2.24, 2.45) is 0 Å². The molecular weight excluding hydrogens is 300 g/mol. The second kappa shape index (κ2) is 4.85. The number of phenolic OH excluding ortho intramolecular Hbond substituents is 1. The fourth-order valence-corrected chi connectivity index (χ4v) is 2.77. The Kier molecular flexibility index (Phi) is 2.94. The zero-order valence-corrected chi connectivity index (χ0v) is 12.4. The Morgan fingerprint density at radius 2 is 1.86 bits per heavy atom. The molecule has 0 atom stereocenters. The van der Waals surface area contributed by atoms with Crippen molar-refractivity contribution in [3.8, 4) is 11.4 Å². The Labute approximate surface area is 131 Å². The minimum absolute atomic E-state index is 0.116. The summed E-state index contributed by atoms with van der Waals surface area (Å²) in [6.07, 6.45) is 2.06. The van der Waals surface area contributed by atoms with Gasteiger partial charge in [0.05, 0.1) is 16.6 Å². The maximum absolute atomic E-state index is 12.9. The number of rotatable bonds is 2. The molecule has 1 saturated carbocycles. The van der Waals surface area contributed by atoms with Gasteiger partial charge in [-0.25, -0.2) is 4.98 Å². The molecular formula is C17H13ClN2O2. The van der Waals surface area contributed by atoms with Crippen LogP contribution in [0.3, 0.4) is 0 Å². The van der Waals surface area contributed by atoms with E-state index < -0.39 is 0 Å². The lowest BCUT2D eigenvalue weighted by Crippen LogP contribution is -2.23. The molecule has 1 aliphatic carbocycles. The third-order valence-corrected chi connectivity index (χ3v) is 4.16. The lowest BCUT2D eigenvalue weighted by molar-refractivity contribution is 0.476. The van der Waals surface area contributed by atoms with Crippen LogP contribution in [-0.4, -0.2) is 14.7 Å². The second-order valence-corrected chi connectivity index (χ2v) is 6.00. The summed E-state index contributed by atoms with van der Waals surface area (Å²) < 4.78 is 1.66. The van der Waals surface area contributed by atoms with Gasteiger partial charge < -0.3 is 5.11 Å². The zero-order chi connectivity index (χ0) is 15.3. The molecule has 110 valence electrons. The number of halogens is 1. The van der Waals surface area contributed by atoms with E-state index in [1.807, 2.05) is 12.1 Å². The highest BCUT2D eigenvalue weighted by Crippen LogP contribution is 2.39. The van der Waals surface area contributed by atoms with Gasteiger partial charge in [0, 0.05) is 17.0 Å². The summed E-state index contributed by atoms with van der Waals surface area (Å²) in [5.41, 5.74) is 1.19. The second-order valence-electron chi connectivity index (χ2n) is 5.56. The van der Waals surface area contributed by atoms with Crippen molar-refractivity contribution in [1.82, 2.24) is 9.55 Å². The quantitative estimate of drug-likeness (QED) is 0.786. The van der Waals surface area contributed by atoms with E-state index in [0.29, 0.717) is 21.8 Å². The van der Waals surface area contributed by atoms with Gasteiger partial charge >= 0.3 is 0 Å². The standard InChI is InChI=1S/C17H13ClN2O2/c18-11-3-5-12(6-4-11)20-16(10-1-2-10)19-15-9-13(21)7-8-14(15)17(20)22/h3-10,21H,1-2H2. The van der Waals surface area contributed by atoms with Crippen LogP contribution in [0.5, 0.6) is 5.75 Å². The van der Waals surface area contributed by atoms with Gasteiger partial charge in [-0.05, 0) is 49.2 Å². The van der Waals surface area contributed by atoms with E-state index in [1.54, 1.807) is 22.8 Å². The van der Waals surface area contributed by atoms with E-state index in [0.717, 1.165) is 24.4 Å². The summed E-state index contributed by atoms with van der Waals surface area (Å²) >= 11 is 5.94. The normalized spacial score (nSPS) is 14.4. The van der Waals surface area contributed by atoms with Gasteiger partial charge in [-0.2, -0.15) is 0 Å². The number of hydrogen-bond acceptors (Lipinski definition) is 3. The molecule has 3 aromatic rings. The van der Waals surface area contributed by atoms with E-state index >= 15 is 0 Å². The predicted molar refractivity (Wildman–Crippen MR) is 86.0 cm³/mol. The summed E-state index contributed by atoms with van der Waals surface area (Å²) in [6, 6.07) is 11.8. The van der Waals surface area contributed by atoms with Crippen molar-refractivity contribution in [1.29, 1.82) is 0 Å². The molecule has 1 aliphatic rings. The van der Waals surface area contributed by atoms with E-state index in [-0.39, 0.29) is 11.3 Å². The highest BCUT2D eigenvalue weighted by molar-refractivity contribution is 6.30. The van der Waals surface area contributed by atoms with E-state index in [4.69, 9.17) is 11.6 Å². The number of nitrogens with zero attached hydrogens (tertiary/aromatic N) is 2. The molecule has 22 heavy (non-hydrogen) atoms. The fraction of sp³-hybridized carbons (Fsp3) is 0.176. The summed E-state index contributed by atoms with van der Waals surface area (Å²) in [6.45, 7) is 0. The average Bonchev–Trinajstić information content (AvgIpc) is 3.33. The van der Waals surface area contributed by atoms with Crippen molar-refractivity contribution in [2.75, 3.05) is 0 Å². The van der Waals surface area contributed by atoms with Crippen LogP contribution in [0.25, 0.3) is 16.6 Å². The largest absolute Gasteiger partial charge is 0.508 e. The lowest BCUT2D eigenvalue weighted by atomic mass is 10.2. The van der Waals surface area contributed by atoms with Crippen molar-refractivity contribution in [3.05, 3.63) is 63.7 Å². The van der Waals surface area contributed by atoms with Crippen molar-refractivity contribution in [3.63, 3.8) is 0 Å². The fourth-order valence-electron chi connectivity index (χ4n) is 2.65. The van der Waals surface area contributed by atoms with E-state index in [9.17, 15) is 9.90 Å². The minimum Gasteiger partial charge on any atom is -0.508 e. The Hall–Kier alpha value is -2.33. The van der Waals surface area contributed by atoms with E-state index in [2.05, 4.69) is 4.98 Å². The first-order valence-electron chi connectivity index (χ1n) is 7.15. The molecule has 0 saturated heterocycles. The molecule has 0 amide bonds. The molecule has 4 nitrogen and oxygen atoms in total. The molecule has 0 unspecified atom stereocenters. The van der Waals surface area contributed by atoms with Crippen LogP contribution in [0.4, 0.5) is 0 Å². The van der Waals surface area contributed by atoms with Crippen LogP contribution >= 0.6 is 11.6 Å². The smallest absolute Gasteiger partial charge is 0.265 e. The van der Waals surface area contributed by atoms with Crippen LogP contribution in [-0.2, 0) is 0 Å². The third kappa shape index (κ3) is 2.16. The summed E-state index contributed by atoms with van der Waals surface area (Å²) in [5, 5.41) is 10.7. The zero-order valence-electron chi connectivity index (χ0n) is 11.7. The van der Waals surface area contributed by atoms with Gasteiger partial charge in [0.1, 0.15) is 11.6 Å². The molecule has 0 spiro atoms. The maximum Gasteiger partial charge on any atom is 0.265 e. The highest BCUT2D eigenvalue weighted by atomic mass is 35.5. The maximum atomic E-state index is 12.9. The number of aromatic hydroxyl groups is 1. The van der Waals surface area contributed by atoms with Gasteiger partial charge in [0.25, 0.3) is 5.56 Å². The minimum atomic E-state index is -0.116. The number of aromatic nitrogens is 2. The monoisotopic (exact) mass is 312 g/mol. The Morgan fingerprint density at radius 1 is 1.14 bits per heavy atom. The molecule has 1 fully saturated rings. The topological polar surface area (TPSA) is 55.1 Å². The van der Waals surface area contributed by atoms with Crippen LogP contribution in [0.2, 0.25) is 5.02 Å². The Morgan fingerprint density at radius 3 is 2.55 bits per heavy atom. The first-order chi connectivity index (χ1) is 10.6. The van der Waals surface area contributed by atoms with E-state index in [1.165, 1.54) is 12.1 Å². The molecule has 0 radical (unpaired) electrons. The molecule has 2 aromatic carbocycles. The SMILES string of the molecule is O=c1c2ccc(O)cc2nc(C2CC2)n1-c1ccc(Cl)cc1. The molecule has 5 heteroatoms. The molecule has 0 aliphatic heterocycles. The summed E-state index contributed by atoms with van der Waals surface area (Å²) in [7, 11) is 0. The van der Waals surface area contributed by atoms with Crippen molar-refractivity contribution >= 4 is 22.5 Å². The predicted octanol–water partition coefficient (Wildman–Crippen LogP) is 3.62. The number of hydrogen-bond donors (Lipinski definition) is 1. The summed E-state index contributed by atoms with van der Waals surface area (Å²) in [4.78, 5) is 17.5. The molecule has 0 bridgehead atoms. The third-order valence-electron chi connectivity index (χ3n) is 3.91. The molecule has 4 rings (SSSR count). The Bertz CT molecular complexity index is 928. The van der Waals surface area contributed by atoms with Gasteiger partial charge in [-0.1, -0.05) is 11.6 Å². The van der Waals surface area contributed by atoms with Crippen molar-refractivity contribution in [2.45, 2.75) is 18.8 Å². The highest BCUT2D eigenvalue weighted by Gasteiger charge is 2.29. The number of benzene rings is 2. The average molecular weight is 313 g/mol. The Balaban J connectivity index is 2.05. The lowest BCUT2D eigenvalue weighted by Gasteiger charge is -2.13. The molecule has 1 aromatic heterocycles. The first kappa shape index (κ1) is 13.3. The van der Waals surface area contributed by atoms with Crippen LogP contribution in [0.1, 0.15) is 24.6 Å². The van der Waals surface area contributed by atoms with Gasteiger partial charge in [-0.3, -0.25) is 9.36 Å². The summed E-state index contributed by atoms with van der Waals surface area (Å²) in [5.74, 6) is 1.17. The van der Waals surface area contributed by atoms with Gasteiger partial charge in [0.15, 0.2) is 0 Å². The van der Waals surface area contributed by atoms with Gasteiger partial charge in [-0.15, -0.1) is 0 Å². The molecule has 1 heterocycles. The number of fused-ring (bicyclic) bond motifs is 1. The van der Waals surface area contributed by atoms with Gasteiger partial charge in [0.2, 0.25) is 0 Å². The van der Waals surface area contributed by atoms with Crippen LogP contribution < -0.4 is 5.56 Å². The van der Waals surface area contributed by atoms with Crippen LogP contribution in [0.15, 0.2) is 47.3 Å². The molecule has 1 N–H and O–H groups in total. The first-order valence-corrected chi connectivity index (χ1v) is 7.53. The number of phenols is 1. The van der Waals surface area contributed by atoms with Crippen LogP contribution in [0, 0.1) is 0 Å².